The molecule has 0 saturated heterocycles. The summed E-state index contributed by atoms with van der Waals surface area (Å²) in [5, 5.41) is 6.17. The fourth-order valence-electron chi connectivity index (χ4n) is 1.91. The summed E-state index contributed by atoms with van der Waals surface area (Å²) in [6.07, 6.45) is 2.79. The van der Waals surface area contributed by atoms with Crippen molar-refractivity contribution in [1.82, 2.24) is 10.3 Å². The number of aromatic nitrogens is 1. The lowest BCUT2D eigenvalue weighted by Gasteiger charge is -2.08. The summed E-state index contributed by atoms with van der Waals surface area (Å²) in [6.45, 7) is 5.39. The summed E-state index contributed by atoms with van der Waals surface area (Å²) in [5.74, 6) is -0.0334. The molecule has 0 saturated carbocycles. The Kier molecular flexibility index (Phi) is 5.32. The van der Waals surface area contributed by atoms with Crippen LogP contribution in [0.25, 0.3) is 0 Å². The van der Waals surface area contributed by atoms with Crippen LogP contribution in [0.2, 0.25) is 0 Å². The van der Waals surface area contributed by atoms with Gasteiger partial charge >= 0.3 is 0 Å². The number of nitrogens with zero attached hydrogens (tertiary/aromatic N) is 1. The maximum atomic E-state index is 11.9. The lowest BCUT2D eigenvalue weighted by molar-refractivity contribution is 0.0953. The zero-order valence-corrected chi connectivity index (χ0v) is 12.5. The molecular formula is C17H21N3O. The molecule has 0 fully saturated rings. The minimum Gasteiger partial charge on any atom is -0.379 e. The molecule has 4 heteroatoms. The number of nitrogens with one attached hydrogen (secondary N) is 2. The predicted octanol–water partition coefficient (Wildman–Crippen LogP) is 3.14. The Hall–Kier alpha value is -2.36. The summed E-state index contributed by atoms with van der Waals surface area (Å²) in [7, 11) is 0. The highest BCUT2D eigenvalue weighted by atomic mass is 16.1. The van der Waals surface area contributed by atoms with Gasteiger partial charge in [-0.2, -0.15) is 0 Å². The van der Waals surface area contributed by atoms with Gasteiger partial charge in [-0.05, 0) is 43.2 Å². The number of aryl methyl sites for hydroxylation is 1. The number of anilines is 1. The first-order chi connectivity index (χ1) is 10.2. The Morgan fingerprint density at radius 3 is 2.81 bits per heavy atom. The first-order valence-corrected chi connectivity index (χ1v) is 7.22. The highest BCUT2D eigenvalue weighted by Crippen LogP contribution is 2.12. The Labute approximate surface area is 125 Å². The second-order valence-electron chi connectivity index (χ2n) is 5.02. The third kappa shape index (κ3) is 4.60. The van der Waals surface area contributed by atoms with Gasteiger partial charge in [0.05, 0.1) is 12.2 Å². The largest absolute Gasteiger partial charge is 0.379 e. The van der Waals surface area contributed by atoms with E-state index in [1.165, 1.54) is 0 Å². The Balaban J connectivity index is 1.97. The Morgan fingerprint density at radius 2 is 2.10 bits per heavy atom. The van der Waals surface area contributed by atoms with Gasteiger partial charge in [-0.25, -0.2) is 0 Å². The minimum atomic E-state index is -0.0334. The predicted molar refractivity (Wildman–Crippen MR) is 85.4 cm³/mol. The van der Waals surface area contributed by atoms with Gasteiger partial charge in [0.25, 0.3) is 5.91 Å². The Morgan fingerprint density at radius 1 is 1.24 bits per heavy atom. The smallest absolute Gasteiger partial charge is 0.251 e. The van der Waals surface area contributed by atoms with Gasteiger partial charge in [-0.1, -0.05) is 19.1 Å². The van der Waals surface area contributed by atoms with E-state index in [0.29, 0.717) is 18.7 Å². The molecule has 2 aromatic rings. The van der Waals surface area contributed by atoms with Gasteiger partial charge in [0.2, 0.25) is 0 Å². The van der Waals surface area contributed by atoms with Crippen LogP contribution in [0.3, 0.4) is 0 Å². The summed E-state index contributed by atoms with van der Waals surface area (Å²) < 4.78 is 0. The minimum absolute atomic E-state index is 0.0334. The van der Waals surface area contributed by atoms with Crippen LogP contribution in [0.4, 0.5) is 5.69 Å². The van der Waals surface area contributed by atoms with Crippen LogP contribution in [-0.4, -0.2) is 17.4 Å². The van der Waals surface area contributed by atoms with Crippen molar-refractivity contribution < 1.29 is 4.79 Å². The molecule has 110 valence electrons. The second kappa shape index (κ2) is 7.43. The van der Waals surface area contributed by atoms with E-state index in [9.17, 15) is 4.79 Å². The Bertz CT molecular complexity index is 593. The van der Waals surface area contributed by atoms with Crippen LogP contribution >= 0.6 is 0 Å². The summed E-state index contributed by atoms with van der Waals surface area (Å²) in [4.78, 5) is 16.3. The maximum Gasteiger partial charge on any atom is 0.251 e. The molecule has 1 amide bonds. The lowest BCUT2D eigenvalue weighted by atomic mass is 10.2. The van der Waals surface area contributed by atoms with Crippen molar-refractivity contribution in [2.45, 2.75) is 26.8 Å². The summed E-state index contributed by atoms with van der Waals surface area (Å²) in [6, 6.07) is 11.6. The zero-order chi connectivity index (χ0) is 15.1. The number of carbonyl (C=O) groups is 1. The number of amides is 1. The van der Waals surface area contributed by atoms with Gasteiger partial charge in [0.15, 0.2) is 0 Å². The standard InChI is InChI=1S/C17H21N3O/c1-3-9-18-17(21)14-5-4-6-15(10-14)20-12-16-8-7-13(2)11-19-16/h4-8,10-11,20H,3,9,12H2,1-2H3,(H,18,21). The van der Waals surface area contributed by atoms with Gasteiger partial charge < -0.3 is 10.6 Å². The van der Waals surface area contributed by atoms with Crippen LogP contribution in [0.15, 0.2) is 42.6 Å². The van der Waals surface area contributed by atoms with Gasteiger partial charge in [0, 0.05) is 24.0 Å². The maximum absolute atomic E-state index is 11.9. The highest BCUT2D eigenvalue weighted by molar-refractivity contribution is 5.95. The van der Waals surface area contributed by atoms with E-state index in [1.54, 1.807) is 0 Å². The van der Waals surface area contributed by atoms with Crippen molar-refractivity contribution in [3.8, 4) is 0 Å². The van der Waals surface area contributed by atoms with Crippen LogP contribution < -0.4 is 10.6 Å². The molecule has 0 bridgehead atoms. The average molecular weight is 283 g/mol. The molecule has 1 heterocycles. The molecule has 0 atom stereocenters. The number of hydrogen-bond acceptors (Lipinski definition) is 3. The van der Waals surface area contributed by atoms with Crippen molar-refractivity contribution in [3.05, 3.63) is 59.4 Å². The monoisotopic (exact) mass is 283 g/mol. The van der Waals surface area contributed by atoms with E-state index in [0.717, 1.165) is 23.4 Å². The number of pyridine rings is 1. The fourth-order valence-corrected chi connectivity index (χ4v) is 1.91. The third-order valence-corrected chi connectivity index (χ3v) is 3.11. The topological polar surface area (TPSA) is 54.0 Å². The molecule has 2 N–H and O–H groups in total. The van der Waals surface area contributed by atoms with E-state index < -0.39 is 0 Å². The number of rotatable bonds is 6. The molecule has 0 spiro atoms. The van der Waals surface area contributed by atoms with E-state index in [-0.39, 0.29) is 5.91 Å². The number of hydrogen-bond donors (Lipinski definition) is 2. The molecular weight excluding hydrogens is 262 g/mol. The zero-order valence-electron chi connectivity index (χ0n) is 12.5. The number of benzene rings is 1. The first-order valence-electron chi connectivity index (χ1n) is 7.22. The third-order valence-electron chi connectivity index (χ3n) is 3.11. The second-order valence-corrected chi connectivity index (χ2v) is 5.02. The summed E-state index contributed by atoms with van der Waals surface area (Å²) >= 11 is 0. The van der Waals surface area contributed by atoms with Crippen LogP contribution in [0.5, 0.6) is 0 Å². The van der Waals surface area contributed by atoms with E-state index in [1.807, 2.05) is 56.4 Å². The molecule has 0 radical (unpaired) electrons. The van der Waals surface area contributed by atoms with Gasteiger partial charge in [-0.15, -0.1) is 0 Å². The van der Waals surface area contributed by atoms with Crippen molar-refractivity contribution in [2.75, 3.05) is 11.9 Å². The fraction of sp³-hybridized carbons (Fsp3) is 0.294. The molecule has 1 aromatic heterocycles. The van der Waals surface area contributed by atoms with Crippen molar-refractivity contribution in [1.29, 1.82) is 0 Å². The SMILES string of the molecule is CCCNC(=O)c1cccc(NCc2ccc(C)cn2)c1. The molecule has 21 heavy (non-hydrogen) atoms. The summed E-state index contributed by atoms with van der Waals surface area (Å²) in [5.41, 5.74) is 3.71. The van der Waals surface area contributed by atoms with Crippen LogP contribution in [-0.2, 0) is 6.54 Å². The van der Waals surface area contributed by atoms with Gasteiger partial charge in [-0.3, -0.25) is 9.78 Å². The van der Waals surface area contributed by atoms with Crippen LogP contribution in [0.1, 0.15) is 35.0 Å². The lowest BCUT2D eigenvalue weighted by Crippen LogP contribution is -2.23. The first kappa shape index (κ1) is 15.0. The van der Waals surface area contributed by atoms with Gasteiger partial charge in [0.1, 0.15) is 0 Å². The molecule has 4 nitrogen and oxygen atoms in total. The van der Waals surface area contributed by atoms with E-state index in [4.69, 9.17) is 0 Å². The van der Waals surface area contributed by atoms with Crippen LogP contribution in [0, 0.1) is 6.92 Å². The number of carbonyl (C=O) groups excluding carboxylic acids is 1. The normalized spacial score (nSPS) is 10.2. The molecule has 1 aromatic carbocycles. The molecule has 0 unspecified atom stereocenters. The molecule has 2 rings (SSSR count). The quantitative estimate of drug-likeness (QED) is 0.856. The van der Waals surface area contributed by atoms with Crippen molar-refractivity contribution >= 4 is 11.6 Å². The molecule has 0 aliphatic heterocycles. The van der Waals surface area contributed by atoms with E-state index >= 15 is 0 Å². The van der Waals surface area contributed by atoms with E-state index in [2.05, 4.69) is 15.6 Å². The highest BCUT2D eigenvalue weighted by Gasteiger charge is 2.05. The molecule has 0 aliphatic rings. The van der Waals surface area contributed by atoms with Crippen molar-refractivity contribution in [2.24, 2.45) is 0 Å². The molecule has 0 aliphatic carbocycles. The average Bonchev–Trinajstić information content (AvgIpc) is 2.52. The van der Waals surface area contributed by atoms with Crippen molar-refractivity contribution in [3.63, 3.8) is 0 Å².